The van der Waals surface area contributed by atoms with Gasteiger partial charge in [-0.2, -0.15) is 0 Å². The zero-order chi connectivity index (χ0) is 13.2. The van der Waals surface area contributed by atoms with Crippen molar-refractivity contribution in [2.45, 2.75) is 38.6 Å². The third kappa shape index (κ3) is 2.89. The molecule has 3 rings (SSSR count). The van der Waals surface area contributed by atoms with Crippen molar-refractivity contribution in [3.63, 3.8) is 0 Å². The van der Waals surface area contributed by atoms with Crippen molar-refractivity contribution in [3.8, 4) is 0 Å². The molecule has 4 atom stereocenters. The predicted octanol–water partition coefficient (Wildman–Crippen LogP) is 3.19. The molecule has 0 radical (unpaired) electrons. The van der Waals surface area contributed by atoms with Crippen molar-refractivity contribution < 1.29 is 0 Å². The van der Waals surface area contributed by atoms with E-state index in [2.05, 4.69) is 22.5 Å². The molecule has 0 amide bonds. The first-order valence-electron chi connectivity index (χ1n) is 7.20. The van der Waals surface area contributed by atoms with Crippen LogP contribution in [-0.4, -0.2) is 16.1 Å². The van der Waals surface area contributed by atoms with E-state index < -0.39 is 0 Å². The summed E-state index contributed by atoms with van der Waals surface area (Å²) in [5, 5.41) is 7.36. The molecule has 1 heterocycles. The summed E-state index contributed by atoms with van der Waals surface area (Å²) in [4.78, 5) is 4.08. The van der Waals surface area contributed by atoms with Gasteiger partial charge in [-0.15, -0.1) is 0 Å². The largest absolute Gasteiger partial charge is 0.360 e. The minimum absolute atomic E-state index is 0.465. The highest BCUT2D eigenvalue weighted by molar-refractivity contribution is 7.80. The lowest BCUT2D eigenvalue weighted by Crippen LogP contribution is -2.42. The van der Waals surface area contributed by atoms with Crippen LogP contribution in [0.2, 0.25) is 0 Å². The minimum atomic E-state index is 0.465. The zero-order valence-electron chi connectivity index (χ0n) is 11.3. The Balaban J connectivity index is 1.52. The van der Waals surface area contributed by atoms with Gasteiger partial charge in [0, 0.05) is 12.2 Å². The van der Waals surface area contributed by atoms with Crippen molar-refractivity contribution in [2.24, 2.45) is 17.8 Å². The molecule has 0 unspecified atom stereocenters. The molecule has 2 fully saturated rings. The Morgan fingerprint density at radius 3 is 2.95 bits per heavy atom. The molecule has 19 heavy (non-hydrogen) atoms. The number of hydrogen-bond acceptors (Lipinski definition) is 2. The van der Waals surface area contributed by atoms with Crippen LogP contribution in [0.1, 0.15) is 32.6 Å². The van der Waals surface area contributed by atoms with Crippen molar-refractivity contribution in [2.75, 3.05) is 5.32 Å². The Morgan fingerprint density at radius 1 is 1.42 bits per heavy atom. The summed E-state index contributed by atoms with van der Waals surface area (Å²) < 4.78 is 0. The number of nitrogens with one attached hydrogen (secondary N) is 2. The maximum Gasteiger partial charge on any atom is 0.171 e. The van der Waals surface area contributed by atoms with Crippen LogP contribution in [0.5, 0.6) is 0 Å². The lowest BCUT2D eigenvalue weighted by Gasteiger charge is -2.29. The van der Waals surface area contributed by atoms with Gasteiger partial charge in [0.1, 0.15) is 0 Å². The molecule has 1 aromatic rings. The molecule has 1 aromatic heterocycles. The van der Waals surface area contributed by atoms with Gasteiger partial charge in [-0.1, -0.05) is 6.42 Å². The number of thiocarbonyl (C=S) groups is 1. The van der Waals surface area contributed by atoms with Crippen molar-refractivity contribution >= 4 is 23.0 Å². The normalized spacial score (nSPS) is 30.1. The van der Waals surface area contributed by atoms with Crippen LogP contribution in [0.25, 0.3) is 0 Å². The molecule has 102 valence electrons. The van der Waals surface area contributed by atoms with E-state index in [0.29, 0.717) is 11.2 Å². The second kappa shape index (κ2) is 5.45. The van der Waals surface area contributed by atoms with Crippen molar-refractivity contribution in [1.29, 1.82) is 0 Å². The second-order valence-corrected chi connectivity index (χ2v) is 6.38. The molecular weight excluding hydrogens is 254 g/mol. The number of nitrogens with zero attached hydrogens (tertiary/aromatic N) is 1. The average molecular weight is 275 g/mol. The number of pyridine rings is 1. The van der Waals surface area contributed by atoms with Crippen molar-refractivity contribution in [1.82, 2.24) is 10.3 Å². The molecule has 0 aromatic carbocycles. The van der Waals surface area contributed by atoms with Gasteiger partial charge in [0.2, 0.25) is 0 Å². The third-order valence-electron chi connectivity index (χ3n) is 4.71. The molecule has 0 spiro atoms. The number of aromatic nitrogens is 1. The first-order valence-corrected chi connectivity index (χ1v) is 7.60. The van der Waals surface area contributed by atoms with Crippen LogP contribution in [0.15, 0.2) is 24.5 Å². The zero-order valence-corrected chi connectivity index (χ0v) is 12.1. The van der Waals surface area contributed by atoms with E-state index in [0.717, 1.165) is 23.4 Å². The van der Waals surface area contributed by atoms with Gasteiger partial charge in [-0.3, -0.25) is 4.98 Å². The average Bonchev–Trinajstić information content (AvgIpc) is 3.02. The van der Waals surface area contributed by atoms with E-state index in [9.17, 15) is 0 Å². The monoisotopic (exact) mass is 275 g/mol. The molecule has 2 aliphatic rings. The van der Waals surface area contributed by atoms with Gasteiger partial charge < -0.3 is 10.6 Å². The fourth-order valence-corrected chi connectivity index (χ4v) is 4.13. The summed E-state index contributed by atoms with van der Waals surface area (Å²) in [5.41, 5.74) is 0.945. The van der Waals surface area contributed by atoms with E-state index in [4.69, 9.17) is 12.2 Å². The highest BCUT2D eigenvalue weighted by Crippen LogP contribution is 2.49. The molecule has 2 N–H and O–H groups in total. The molecule has 0 saturated heterocycles. The van der Waals surface area contributed by atoms with Crippen LogP contribution < -0.4 is 10.6 Å². The smallest absolute Gasteiger partial charge is 0.171 e. The van der Waals surface area contributed by atoms with E-state index in [1.807, 2.05) is 12.1 Å². The number of anilines is 1. The highest BCUT2D eigenvalue weighted by Gasteiger charge is 2.41. The molecular formula is C15H21N3S. The first-order chi connectivity index (χ1) is 9.22. The lowest BCUT2D eigenvalue weighted by molar-refractivity contribution is 0.279. The summed E-state index contributed by atoms with van der Waals surface area (Å²) in [6.07, 6.45) is 9.25. The van der Waals surface area contributed by atoms with Gasteiger partial charge in [0.05, 0.1) is 11.9 Å². The third-order valence-corrected chi connectivity index (χ3v) is 4.93. The van der Waals surface area contributed by atoms with Crippen molar-refractivity contribution in [3.05, 3.63) is 24.5 Å². The topological polar surface area (TPSA) is 37.0 Å². The Morgan fingerprint density at radius 2 is 2.32 bits per heavy atom. The summed E-state index contributed by atoms with van der Waals surface area (Å²) in [5.74, 6) is 2.71. The molecule has 4 heteroatoms. The molecule has 2 bridgehead atoms. The fourth-order valence-electron chi connectivity index (χ4n) is 3.82. The van der Waals surface area contributed by atoms with Crippen LogP contribution in [0.4, 0.5) is 5.69 Å². The molecule has 3 nitrogen and oxygen atoms in total. The fraction of sp³-hybridized carbons (Fsp3) is 0.600. The van der Waals surface area contributed by atoms with E-state index in [1.165, 1.54) is 25.7 Å². The Bertz CT molecular complexity index is 448. The number of fused-ring (bicyclic) bond motifs is 2. The second-order valence-electron chi connectivity index (χ2n) is 5.97. The van der Waals surface area contributed by atoms with Gasteiger partial charge in [-0.05, 0) is 68.3 Å². The van der Waals surface area contributed by atoms with Crippen LogP contribution in [0.3, 0.4) is 0 Å². The molecule has 0 aliphatic heterocycles. The van der Waals surface area contributed by atoms with Gasteiger partial charge in [0.15, 0.2) is 5.11 Å². The highest BCUT2D eigenvalue weighted by atomic mass is 32.1. The number of rotatable bonds is 3. The van der Waals surface area contributed by atoms with Gasteiger partial charge >= 0.3 is 0 Å². The van der Waals surface area contributed by atoms with Crippen LogP contribution >= 0.6 is 12.2 Å². The summed E-state index contributed by atoms with van der Waals surface area (Å²) in [6, 6.07) is 4.35. The standard InChI is InChI=1S/C15H21N3S/c1-10(14-8-11-4-5-12(14)7-11)17-15(19)18-13-3-2-6-16-9-13/h2-3,6,9-12,14H,4-5,7-8H2,1H3,(H2,17,18,19)/t10-,11-,12+,14+/m1/s1. The summed E-state index contributed by atoms with van der Waals surface area (Å²) in [7, 11) is 0. The summed E-state index contributed by atoms with van der Waals surface area (Å²) in [6.45, 7) is 2.27. The molecule has 2 saturated carbocycles. The predicted molar refractivity (Wildman–Crippen MR) is 82.0 cm³/mol. The van der Waals surface area contributed by atoms with Gasteiger partial charge in [0.25, 0.3) is 0 Å². The molecule has 2 aliphatic carbocycles. The lowest BCUT2D eigenvalue weighted by atomic mass is 9.84. The quantitative estimate of drug-likeness (QED) is 0.831. The summed E-state index contributed by atoms with van der Waals surface area (Å²) >= 11 is 5.38. The number of hydrogen-bond donors (Lipinski definition) is 2. The van der Waals surface area contributed by atoms with Gasteiger partial charge in [-0.25, -0.2) is 0 Å². The van der Waals surface area contributed by atoms with E-state index >= 15 is 0 Å². The Kier molecular flexibility index (Phi) is 3.69. The van der Waals surface area contributed by atoms with E-state index in [1.54, 1.807) is 12.4 Å². The first kappa shape index (κ1) is 12.9. The Labute approximate surface area is 120 Å². The van der Waals surface area contributed by atoms with Crippen LogP contribution in [0, 0.1) is 17.8 Å². The Hall–Kier alpha value is -1.16. The maximum atomic E-state index is 5.38. The SMILES string of the molecule is C[C@@H](NC(=S)Nc1cccnc1)[C@@H]1C[C@@H]2CC[C@H]1C2. The minimum Gasteiger partial charge on any atom is -0.360 e. The van der Waals surface area contributed by atoms with E-state index in [-0.39, 0.29) is 0 Å². The maximum absolute atomic E-state index is 5.38. The van der Waals surface area contributed by atoms with Crippen LogP contribution in [-0.2, 0) is 0 Å².